The number of ether oxygens (including phenoxy) is 2. The van der Waals surface area contributed by atoms with Gasteiger partial charge in [0.25, 0.3) is 0 Å². The minimum Gasteiger partial charge on any atom is -0.497 e. The van der Waals surface area contributed by atoms with Crippen LogP contribution in [-0.4, -0.2) is 47.9 Å². The summed E-state index contributed by atoms with van der Waals surface area (Å²) in [6.45, 7) is 6.27. The molecule has 0 amide bonds. The number of aromatic nitrogens is 1. The summed E-state index contributed by atoms with van der Waals surface area (Å²) >= 11 is 0. The largest absolute Gasteiger partial charge is 0.497 e. The first-order valence-corrected chi connectivity index (χ1v) is 9.11. The number of nitrogens with zero attached hydrogens (tertiary/aromatic N) is 2. The minimum absolute atomic E-state index is 0.524. The van der Waals surface area contributed by atoms with E-state index in [0.717, 1.165) is 48.6 Å². The zero-order valence-electron chi connectivity index (χ0n) is 16.0. The smallest absolute Gasteiger partial charge is 0.230 e. The van der Waals surface area contributed by atoms with E-state index in [9.17, 15) is 5.11 Å². The second-order valence-corrected chi connectivity index (χ2v) is 6.98. The molecule has 6 nitrogen and oxygen atoms in total. The number of β-amino-alcohol motifs (C(OH)–C–C–N with tert-alkyl or cyclic N) is 1. The van der Waals surface area contributed by atoms with Crippen molar-refractivity contribution in [2.45, 2.75) is 45.3 Å². The van der Waals surface area contributed by atoms with Gasteiger partial charge in [-0.1, -0.05) is 6.92 Å². The van der Waals surface area contributed by atoms with Crippen molar-refractivity contribution in [3.05, 3.63) is 29.7 Å². The topological polar surface area (TPSA) is 68.0 Å². The monoisotopic (exact) mass is 360 g/mol. The Bertz CT molecular complexity index is 758. The summed E-state index contributed by atoms with van der Waals surface area (Å²) in [5.74, 6) is 2.73. The fourth-order valence-electron chi connectivity index (χ4n) is 3.51. The molecule has 1 unspecified atom stereocenters. The van der Waals surface area contributed by atoms with Crippen LogP contribution in [-0.2, 0) is 6.54 Å². The number of oxazole rings is 1. The van der Waals surface area contributed by atoms with Crippen LogP contribution in [0.4, 0.5) is 0 Å². The number of aryl methyl sites for hydroxylation is 1. The third kappa shape index (κ3) is 3.86. The molecule has 0 radical (unpaired) electrons. The molecule has 0 aliphatic carbocycles. The Labute approximate surface area is 154 Å². The van der Waals surface area contributed by atoms with Crippen LogP contribution in [0.5, 0.6) is 11.5 Å². The maximum atomic E-state index is 10.6. The molecular weight excluding hydrogens is 332 g/mol. The molecule has 0 bridgehead atoms. The summed E-state index contributed by atoms with van der Waals surface area (Å²) in [4.78, 5) is 6.96. The van der Waals surface area contributed by atoms with E-state index in [1.807, 2.05) is 32.0 Å². The van der Waals surface area contributed by atoms with Crippen molar-refractivity contribution >= 4 is 0 Å². The molecule has 3 rings (SSSR count). The van der Waals surface area contributed by atoms with Gasteiger partial charge in [0.15, 0.2) is 0 Å². The van der Waals surface area contributed by atoms with Crippen molar-refractivity contribution in [3.8, 4) is 23.0 Å². The number of benzene rings is 1. The fourth-order valence-corrected chi connectivity index (χ4v) is 3.51. The molecule has 6 heteroatoms. The van der Waals surface area contributed by atoms with Crippen molar-refractivity contribution in [1.82, 2.24) is 9.88 Å². The van der Waals surface area contributed by atoms with Gasteiger partial charge < -0.3 is 19.0 Å². The Kier molecular flexibility index (Phi) is 5.53. The van der Waals surface area contributed by atoms with Crippen molar-refractivity contribution < 1.29 is 19.0 Å². The normalized spacial score (nSPS) is 21.0. The number of aliphatic hydroxyl groups is 1. The van der Waals surface area contributed by atoms with Gasteiger partial charge in [-0.3, -0.25) is 4.90 Å². The molecular formula is C20H28N2O4. The van der Waals surface area contributed by atoms with E-state index in [1.165, 1.54) is 0 Å². The average Bonchev–Trinajstić information content (AvgIpc) is 3.01. The number of likely N-dealkylation sites (tertiary alicyclic amines) is 1. The van der Waals surface area contributed by atoms with Gasteiger partial charge in [-0.2, -0.15) is 0 Å². The Morgan fingerprint density at radius 3 is 2.81 bits per heavy atom. The maximum Gasteiger partial charge on any atom is 0.230 e. The predicted octanol–water partition coefficient (Wildman–Crippen LogP) is 3.40. The standard InChI is InChI=1S/C20H28N2O4/c1-5-20(23)9-6-10-22(13-20)12-17-14(2)26-19(21-17)16-11-15(24-3)7-8-18(16)25-4/h7-8,11,23H,5-6,9-10,12-13H2,1-4H3. The molecule has 142 valence electrons. The van der Waals surface area contributed by atoms with Crippen LogP contribution in [0.15, 0.2) is 22.6 Å². The van der Waals surface area contributed by atoms with E-state index in [4.69, 9.17) is 18.9 Å². The van der Waals surface area contributed by atoms with Crippen LogP contribution in [0.3, 0.4) is 0 Å². The molecule has 1 N–H and O–H groups in total. The number of rotatable bonds is 6. The lowest BCUT2D eigenvalue weighted by molar-refractivity contribution is -0.0361. The van der Waals surface area contributed by atoms with Gasteiger partial charge in [0.2, 0.25) is 5.89 Å². The lowest BCUT2D eigenvalue weighted by Gasteiger charge is -2.38. The summed E-state index contributed by atoms with van der Waals surface area (Å²) in [5.41, 5.74) is 1.07. The third-order valence-corrected chi connectivity index (χ3v) is 5.20. The Balaban J connectivity index is 1.84. The molecule has 1 aromatic heterocycles. The first-order chi connectivity index (χ1) is 12.5. The summed E-state index contributed by atoms with van der Waals surface area (Å²) in [5, 5.41) is 10.6. The van der Waals surface area contributed by atoms with E-state index in [0.29, 0.717) is 24.7 Å². The third-order valence-electron chi connectivity index (χ3n) is 5.20. The Morgan fingerprint density at radius 1 is 1.31 bits per heavy atom. The van der Waals surface area contributed by atoms with Crippen LogP contribution in [0, 0.1) is 6.92 Å². The van der Waals surface area contributed by atoms with Crippen molar-refractivity contribution in [2.24, 2.45) is 0 Å². The zero-order chi connectivity index (χ0) is 18.7. The molecule has 2 aromatic rings. The van der Waals surface area contributed by atoms with Gasteiger partial charge >= 0.3 is 0 Å². The molecule has 26 heavy (non-hydrogen) atoms. The van der Waals surface area contributed by atoms with Gasteiger partial charge in [0.05, 0.1) is 31.1 Å². The number of methoxy groups -OCH3 is 2. The number of piperidine rings is 1. The van der Waals surface area contributed by atoms with Crippen LogP contribution < -0.4 is 9.47 Å². The van der Waals surface area contributed by atoms with Crippen molar-refractivity contribution in [3.63, 3.8) is 0 Å². The number of hydrogen-bond acceptors (Lipinski definition) is 6. The zero-order valence-corrected chi connectivity index (χ0v) is 16.0. The lowest BCUT2D eigenvalue weighted by atomic mass is 9.90. The first-order valence-electron chi connectivity index (χ1n) is 9.11. The fraction of sp³-hybridized carbons (Fsp3) is 0.550. The molecule has 1 aliphatic rings. The predicted molar refractivity (Wildman–Crippen MR) is 99.5 cm³/mol. The molecule has 1 aromatic carbocycles. The van der Waals surface area contributed by atoms with E-state index in [-0.39, 0.29) is 0 Å². The average molecular weight is 360 g/mol. The van der Waals surface area contributed by atoms with Crippen LogP contribution in [0.25, 0.3) is 11.5 Å². The van der Waals surface area contributed by atoms with Gasteiger partial charge in [0.1, 0.15) is 17.3 Å². The van der Waals surface area contributed by atoms with Crippen LogP contribution in [0.1, 0.15) is 37.6 Å². The summed E-state index contributed by atoms with van der Waals surface area (Å²) in [7, 11) is 3.25. The van der Waals surface area contributed by atoms with Gasteiger partial charge in [0, 0.05) is 13.1 Å². The van der Waals surface area contributed by atoms with Gasteiger partial charge in [-0.15, -0.1) is 0 Å². The Hall–Kier alpha value is -2.05. The van der Waals surface area contributed by atoms with Crippen LogP contribution >= 0.6 is 0 Å². The van der Waals surface area contributed by atoms with E-state index < -0.39 is 5.60 Å². The molecule has 1 saturated heterocycles. The SMILES string of the molecule is CCC1(O)CCCN(Cc2nc(-c3cc(OC)ccc3OC)oc2C)C1. The number of hydrogen-bond donors (Lipinski definition) is 1. The highest BCUT2D eigenvalue weighted by Crippen LogP contribution is 2.34. The van der Waals surface area contributed by atoms with Gasteiger partial charge in [-0.25, -0.2) is 4.98 Å². The highest BCUT2D eigenvalue weighted by Gasteiger charge is 2.32. The summed E-state index contributed by atoms with van der Waals surface area (Å²) in [6.07, 6.45) is 2.63. The second kappa shape index (κ2) is 7.68. The highest BCUT2D eigenvalue weighted by molar-refractivity contribution is 5.65. The first kappa shape index (κ1) is 18.7. The highest BCUT2D eigenvalue weighted by atomic mass is 16.5. The Morgan fingerprint density at radius 2 is 2.12 bits per heavy atom. The summed E-state index contributed by atoms with van der Waals surface area (Å²) in [6, 6.07) is 5.56. The minimum atomic E-state index is -0.589. The maximum absolute atomic E-state index is 10.6. The molecule has 1 fully saturated rings. The van der Waals surface area contributed by atoms with E-state index >= 15 is 0 Å². The molecule has 0 saturated carbocycles. The van der Waals surface area contributed by atoms with E-state index in [1.54, 1.807) is 14.2 Å². The van der Waals surface area contributed by atoms with Crippen molar-refractivity contribution in [2.75, 3.05) is 27.3 Å². The van der Waals surface area contributed by atoms with Crippen molar-refractivity contribution in [1.29, 1.82) is 0 Å². The molecule has 1 atom stereocenters. The van der Waals surface area contributed by atoms with E-state index in [2.05, 4.69) is 4.90 Å². The van der Waals surface area contributed by atoms with Gasteiger partial charge in [-0.05, 0) is 50.9 Å². The summed E-state index contributed by atoms with van der Waals surface area (Å²) < 4.78 is 16.7. The molecule has 0 spiro atoms. The lowest BCUT2D eigenvalue weighted by Crippen LogP contribution is -2.47. The molecule has 2 heterocycles. The van der Waals surface area contributed by atoms with Crippen LogP contribution in [0.2, 0.25) is 0 Å². The quantitative estimate of drug-likeness (QED) is 0.851. The second-order valence-electron chi connectivity index (χ2n) is 6.98. The molecule has 1 aliphatic heterocycles.